The van der Waals surface area contributed by atoms with Gasteiger partial charge in [0.2, 0.25) is 0 Å². The number of aliphatic hydroxyl groups is 1. The molecule has 194 valence electrons. The number of ether oxygens (including phenoxy) is 1. The topological polar surface area (TPSA) is 48.8 Å². The van der Waals surface area contributed by atoms with Gasteiger partial charge in [0.25, 0.3) is 0 Å². The lowest BCUT2D eigenvalue weighted by Crippen LogP contribution is -2.38. The second-order valence-corrected chi connectivity index (χ2v) is 10.3. The van der Waals surface area contributed by atoms with E-state index in [-0.39, 0.29) is 6.10 Å². The number of hydrogen-bond donors (Lipinski definition) is 1. The van der Waals surface area contributed by atoms with Gasteiger partial charge in [-0.25, -0.2) is 0 Å². The third kappa shape index (κ3) is 5.84. The van der Waals surface area contributed by atoms with Crippen molar-refractivity contribution in [3.8, 4) is 17.0 Å². The fourth-order valence-corrected chi connectivity index (χ4v) is 5.61. The number of rotatable bonds is 10. The minimum absolute atomic E-state index is 0.149. The van der Waals surface area contributed by atoms with Gasteiger partial charge in [0.1, 0.15) is 12.4 Å². The lowest BCUT2D eigenvalue weighted by Gasteiger charge is -2.29. The Morgan fingerprint density at radius 2 is 1.67 bits per heavy atom. The molecular weight excluding hydrogens is 446 g/mol. The van der Waals surface area contributed by atoms with Crippen LogP contribution in [0.2, 0.25) is 0 Å². The molecule has 2 aromatic carbocycles. The van der Waals surface area contributed by atoms with Crippen molar-refractivity contribution in [3.05, 3.63) is 53.2 Å². The fourth-order valence-electron chi connectivity index (χ4n) is 5.61. The highest BCUT2D eigenvalue weighted by Gasteiger charge is 2.21. The number of aromatic nitrogens is 1. The van der Waals surface area contributed by atoms with E-state index in [0.29, 0.717) is 6.61 Å². The Hall–Kier alpha value is -2.63. The van der Waals surface area contributed by atoms with Crippen LogP contribution in [0.25, 0.3) is 22.0 Å². The van der Waals surface area contributed by atoms with Gasteiger partial charge in [-0.15, -0.1) is 0 Å². The van der Waals surface area contributed by atoms with Crippen molar-refractivity contribution in [2.75, 3.05) is 44.2 Å². The highest BCUT2D eigenvalue weighted by molar-refractivity contribution is 6.04. The van der Waals surface area contributed by atoms with Gasteiger partial charge in [-0.2, -0.15) is 0 Å². The van der Waals surface area contributed by atoms with E-state index in [1.807, 2.05) is 0 Å². The molecule has 1 aliphatic rings. The summed E-state index contributed by atoms with van der Waals surface area (Å²) in [6.07, 6.45) is 3.78. The summed E-state index contributed by atoms with van der Waals surface area (Å²) in [5.74, 6) is 0.910. The van der Waals surface area contributed by atoms with E-state index in [4.69, 9.17) is 9.72 Å². The van der Waals surface area contributed by atoms with E-state index in [1.54, 1.807) is 0 Å². The highest BCUT2D eigenvalue weighted by atomic mass is 16.5. The number of likely N-dealkylation sites (tertiary alicyclic amines) is 1. The molecule has 0 amide bonds. The second kappa shape index (κ2) is 12.1. The van der Waals surface area contributed by atoms with E-state index in [9.17, 15) is 5.11 Å². The second-order valence-electron chi connectivity index (χ2n) is 10.3. The smallest absolute Gasteiger partial charge is 0.129 e. The van der Waals surface area contributed by atoms with Crippen LogP contribution < -0.4 is 9.64 Å². The average molecular weight is 490 g/mol. The molecule has 3 aromatic rings. The SMILES string of the molecule is CCCN(CCC)c1c(C)nc(-c2c(C)cc(C)cc2OCCN2CCC(O)CC2)c2ccccc12. The molecule has 0 saturated carbocycles. The Kier molecular flexibility index (Phi) is 8.86. The number of aryl methyl sites for hydroxylation is 3. The highest BCUT2D eigenvalue weighted by Crippen LogP contribution is 2.41. The summed E-state index contributed by atoms with van der Waals surface area (Å²) in [6.45, 7) is 16.4. The molecule has 0 atom stereocenters. The summed E-state index contributed by atoms with van der Waals surface area (Å²) in [5.41, 5.74) is 6.82. The predicted octanol–water partition coefficient (Wildman–Crippen LogP) is 6.29. The van der Waals surface area contributed by atoms with Crippen LogP contribution >= 0.6 is 0 Å². The molecule has 1 saturated heterocycles. The Balaban J connectivity index is 1.73. The van der Waals surface area contributed by atoms with Gasteiger partial charge in [-0.05, 0) is 63.6 Å². The summed E-state index contributed by atoms with van der Waals surface area (Å²) in [5, 5.41) is 12.2. The predicted molar refractivity (Wildman–Crippen MR) is 151 cm³/mol. The van der Waals surface area contributed by atoms with Gasteiger partial charge < -0.3 is 14.7 Å². The Morgan fingerprint density at radius 3 is 2.33 bits per heavy atom. The molecule has 1 aliphatic heterocycles. The molecule has 0 radical (unpaired) electrons. The number of nitrogens with zero attached hydrogens (tertiary/aromatic N) is 3. The quantitative estimate of drug-likeness (QED) is 0.363. The number of aliphatic hydroxyl groups excluding tert-OH is 1. The van der Waals surface area contributed by atoms with Crippen LogP contribution in [-0.4, -0.2) is 60.4 Å². The van der Waals surface area contributed by atoms with Gasteiger partial charge in [0.15, 0.2) is 0 Å². The van der Waals surface area contributed by atoms with Crippen LogP contribution in [0.4, 0.5) is 5.69 Å². The monoisotopic (exact) mass is 489 g/mol. The van der Waals surface area contributed by atoms with Gasteiger partial charge in [0, 0.05) is 49.1 Å². The fraction of sp³-hybridized carbons (Fsp3) is 0.516. The summed E-state index contributed by atoms with van der Waals surface area (Å²) < 4.78 is 6.47. The number of benzene rings is 2. The Labute approximate surface area is 217 Å². The summed E-state index contributed by atoms with van der Waals surface area (Å²) in [6, 6.07) is 13.1. The van der Waals surface area contributed by atoms with Gasteiger partial charge >= 0.3 is 0 Å². The van der Waals surface area contributed by atoms with Crippen molar-refractivity contribution in [1.29, 1.82) is 0 Å². The number of piperidine rings is 1. The molecule has 0 spiro atoms. The van der Waals surface area contributed by atoms with Crippen LogP contribution in [0, 0.1) is 20.8 Å². The maximum absolute atomic E-state index is 9.81. The number of anilines is 1. The van der Waals surface area contributed by atoms with E-state index in [1.165, 1.54) is 27.6 Å². The lowest BCUT2D eigenvalue weighted by atomic mass is 9.95. The molecule has 1 N–H and O–H groups in total. The van der Waals surface area contributed by atoms with E-state index in [0.717, 1.165) is 81.1 Å². The standard InChI is InChI=1S/C31H43N3O2/c1-6-14-34(15-7-2)31-24(5)32-30(26-10-8-9-11-27(26)31)29-23(4)20-22(3)21-28(29)36-19-18-33-16-12-25(35)13-17-33/h8-11,20-21,25,35H,6-7,12-19H2,1-5H3. The van der Waals surface area contributed by atoms with Crippen LogP contribution in [0.15, 0.2) is 36.4 Å². The first-order valence-corrected chi connectivity index (χ1v) is 13.7. The summed E-state index contributed by atoms with van der Waals surface area (Å²) in [4.78, 5) is 10.1. The normalized spacial score (nSPS) is 14.9. The number of hydrogen-bond acceptors (Lipinski definition) is 5. The summed E-state index contributed by atoms with van der Waals surface area (Å²) in [7, 11) is 0. The molecule has 4 rings (SSSR count). The van der Waals surface area contributed by atoms with E-state index in [2.05, 4.69) is 80.8 Å². The van der Waals surface area contributed by atoms with Crippen LogP contribution in [0.1, 0.15) is 56.4 Å². The molecular formula is C31H43N3O2. The molecule has 36 heavy (non-hydrogen) atoms. The first-order valence-electron chi connectivity index (χ1n) is 13.7. The van der Waals surface area contributed by atoms with Gasteiger partial charge in [-0.3, -0.25) is 9.88 Å². The van der Waals surface area contributed by atoms with Crippen molar-refractivity contribution in [1.82, 2.24) is 9.88 Å². The third-order valence-corrected chi connectivity index (χ3v) is 7.27. The zero-order valence-electron chi connectivity index (χ0n) is 22.8. The molecule has 0 aliphatic carbocycles. The first-order chi connectivity index (χ1) is 17.4. The molecule has 0 unspecified atom stereocenters. The van der Waals surface area contributed by atoms with Crippen molar-refractivity contribution in [2.45, 2.75) is 66.4 Å². The van der Waals surface area contributed by atoms with Crippen molar-refractivity contribution < 1.29 is 9.84 Å². The van der Waals surface area contributed by atoms with Crippen molar-refractivity contribution in [3.63, 3.8) is 0 Å². The van der Waals surface area contributed by atoms with E-state index >= 15 is 0 Å². The molecule has 1 fully saturated rings. The Morgan fingerprint density at radius 1 is 1.00 bits per heavy atom. The maximum atomic E-state index is 9.81. The molecule has 0 bridgehead atoms. The first kappa shape index (κ1) is 26.4. The minimum Gasteiger partial charge on any atom is -0.492 e. The molecule has 1 aromatic heterocycles. The third-order valence-electron chi connectivity index (χ3n) is 7.27. The largest absolute Gasteiger partial charge is 0.492 e. The van der Waals surface area contributed by atoms with Crippen LogP contribution in [-0.2, 0) is 0 Å². The minimum atomic E-state index is -0.149. The maximum Gasteiger partial charge on any atom is 0.129 e. The molecule has 2 heterocycles. The Bertz CT molecular complexity index is 1160. The summed E-state index contributed by atoms with van der Waals surface area (Å²) >= 11 is 0. The van der Waals surface area contributed by atoms with E-state index < -0.39 is 0 Å². The average Bonchev–Trinajstić information content (AvgIpc) is 2.85. The van der Waals surface area contributed by atoms with Crippen LogP contribution in [0.3, 0.4) is 0 Å². The number of pyridine rings is 1. The van der Waals surface area contributed by atoms with Gasteiger partial charge in [-0.1, -0.05) is 44.2 Å². The zero-order valence-corrected chi connectivity index (χ0v) is 22.8. The number of fused-ring (bicyclic) bond motifs is 1. The van der Waals surface area contributed by atoms with Crippen LogP contribution in [0.5, 0.6) is 5.75 Å². The van der Waals surface area contributed by atoms with Crippen molar-refractivity contribution in [2.24, 2.45) is 0 Å². The zero-order chi connectivity index (χ0) is 25.7. The molecule has 5 nitrogen and oxygen atoms in total. The van der Waals surface area contributed by atoms with Gasteiger partial charge in [0.05, 0.1) is 23.2 Å². The lowest BCUT2D eigenvalue weighted by molar-refractivity contribution is 0.0755. The van der Waals surface area contributed by atoms with Crippen molar-refractivity contribution >= 4 is 16.5 Å². The molecule has 5 heteroatoms.